The van der Waals surface area contributed by atoms with Crippen LogP contribution in [0, 0.1) is 4.77 Å². The summed E-state index contributed by atoms with van der Waals surface area (Å²) in [7, 11) is 1.36. The minimum atomic E-state index is -0.736. The molecule has 1 atom stereocenters. The minimum Gasteiger partial charge on any atom is -0.504 e. The van der Waals surface area contributed by atoms with E-state index in [4.69, 9.17) is 17.0 Å². The highest BCUT2D eigenvalue weighted by Crippen LogP contribution is 2.45. The van der Waals surface area contributed by atoms with Crippen LogP contribution in [0.2, 0.25) is 0 Å². The SMILES string of the molecule is COc1ccc(C2CC(=O)Nc3[nH]c(=S)n(C(C)C)c(=O)c32)c(O)c1O. The number of fused-ring (bicyclic) bond motifs is 1. The van der Waals surface area contributed by atoms with Gasteiger partial charge in [-0.25, -0.2) is 0 Å². The number of aromatic amines is 1. The van der Waals surface area contributed by atoms with Crippen molar-refractivity contribution < 1.29 is 19.7 Å². The molecule has 1 aliphatic rings. The Kier molecular flexibility index (Phi) is 4.49. The molecular weight excluding hydrogens is 358 g/mol. The average Bonchev–Trinajstić information content (AvgIpc) is 2.55. The first-order chi connectivity index (χ1) is 12.3. The lowest BCUT2D eigenvalue weighted by Crippen LogP contribution is -2.35. The Morgan fingerprint density at radius 1 is 1.27 bits per heavy atom. The molecule has 1 aromatic carbocycles. The number of carbonyl (C=O) groups is 1. The summed E-state index contributed by atoms with van der Waals surface area (Å²) in [6, 6.07) is 2.82. The molecule has 2 heterocycles. The quantitative estimate of drug-likeness (QED) is 0.482. The lowest BCUT2D eigenvalue weighted by atomic mass is 9.86. The fourth-order valence-electron chi connectivity index (χ4n) is 3.22. The Morgan fingerprint density at radius 2 is 1.96 bits per heavy atom. The molecule has 1 aliphatic heterocycles. The number of amides is 1. The molecule has 138 valence electrons. The molecule has 0 aliphatic carbocycles. The minimum absolute atomic E-state index is 0.0513. The van der Waals surface area contributed by atoms with Gasteiger partial charge in [0.2, 0.25) is 11.7 Å². The fourth-order valence-corrected chi connectivity index (χ4v) is 3.62. The molecule has 1 aromatic heterocycles. The molecule has 0 bridgehead atoms. The van der Waals surface area contributed by atoms with E-state index in [1.165, 1.54) is 23.8 Å². The molecule has 9 heteroatoms. The zero-order valence-corrected chi connectivity index (χ0v) is 15.3. The topological polar surface area (TPSA) is 117 Å². The van der Waals surface area contributed by atoms with Crippen molar-refractivity contribution in [1.82, 2.24) is 9.55 Å². The van der Waals surface area contributed by atoms with E-state index in [1.54, 1.807) is 0 Å². The van der Waals surface area contributed by atoms with Crippen LogP contribution in [-0.4, -0.2) is 32.8 Å². The molecule has 4 N–H and O–H groups in total. The van der Waals surface area contributed by atoms with Crippen molar-refractivity contribution in [2.75, 3.05) is 12.4 Å². The molecule has 1 amide bonds. The molecule has 2 aromatic rings. The Morgan fingerprint density at radius 3 is 2.58 bits per heavy atom. The van der Waals surface area contributed by atoms with E-state index < -0.39 is 17.4 Å². The summed E-state index contributed by atoms with van der Waals surface area (Å²) in [5, 5.41) is 23.1. The molecule has 26 heavy (non-hydrogen) atoms. The van der Waals surface area contributed by atoms with Gasteiger partial charge in [-0.05, 0) is 32.1 Å². The van der Waals surface area contributed by atoms with Crippen molar-refractivity contribution in [2.24, 2.45) is 0 Å². The van der Waals surface area contributed by atoms with Crippen LogP contribution in [0.5, 0.6) is 17.2 Å². The normalized spacial score (nSPS) is 16.3. The third-order valence-electron chi connectivity index (χ3n) is 4.43. The van der Waals surface area contributed by atoms with Gasteiger partial charge in [0.15, 0.2) is 16.3 Å². The van der Waals surface area contributed by atoms with E-state index in [2.05, 4.69) is 10.3 Å². The van der Waals surface area contributed by atoms with Gasteiger partial charge in [-0.3, -0.25) is 14.2 Å². The van der Waals surface area contributed by atoms with Gasteiger partial charge in [0.05, 0.1) is 12.7 Å². The van der Waals surface area contributed by atoms with Gasteiger partial charge in [0.1, 0.15) is 5.82 Å². The molecule has 0 spiro atoms. The molecule has 0 saturated heterocycles. The number of nitrogens with zero attached hydrogens (tertiary/aromatic N) is 1. The van der Waals surface area contributed by atoms with Crippen molar-refractivity contribution >= 4 is 23.9 Å². The predicted octanol–water partition coefficient (Wildman–Crippen LogP) is 2.38. The number of rotatable bonds is 3. The summed E-state index contributed by atoms with van der Waals surface area (Å²) in [4.78, 5) is 28.1. The maximum Gasteiger partial charge on any atom is 0.260 e. The summed E-state index contributed by atoms with van der Waals surface area (Å²) in [5.41, 5.74) is 0.197. The maximum absolute atomic E-state index is 13.0. The van der Waals surface area contributed by atoms with Crippen LogP contribution in [0.15, 0.2) is 16.9 Å². The summed E-state index contributed by atoms with van der Waals surface area (Å²) in [6.07, 6.45) is -0.0513. The second kappa shape index (κ2) is 6.49. The average molecular weight is 377 g/mol. The molecule has 0 radical (unpaired) electrons. The monoisotopic (exact) mass is 377 g/mol. The van der Waals surface area contributed by atoms with Crippen LogP contribution >= 0.6 is 12.2 Å². The van der Waals surface area contributed by atoms with E-state index in [1.807, 2.05) is 13.8 Å². The third kappa shape index (κ3) is 2.74. The molecule has 3 rings (SSSR count). The van der Waals surface area contributed by atoms with E-state index in [-0.39, 0.29) is 51.4 Å². The third-order valence-corrected chi connectivity index (χ3v) is 4.73. The highest BCUT2D eigenvalue weighted by molar-refractivity contribution is 7.71. The number of aromatic nitrogens is 2. The standard InChI is InChI=1S/C17H19N3O5S/c1-7(2)20-16(24)12-9(6-11(21)18-15(12)19-17(20)26)8-4-5-10(25-3)14(23)13(8)22/h4-5,7,9,22-23H,6H2,1-3H3,(H,18,21)(H,19,26). The lowest BCUT2D eigenvalue weighted by Gasteiger charge is -2.27. The number of ether oxygens (including phenoxy) is 1. The molecule has 8 nitrogen and oxygen atoms in total. The number of hydrogen-bond acceptors (Lipinski definition) is 6. The van der Waals surface area contributed by atoms with E-state index in [0.29, 0.717) is 0 Å². The zero-order valence-electron chi connectivity index (χ0n) is 14.5. The number of H-pyrrole nitrogens is 1. The van der Waals surface area contributed by atoms with Crippen molar-refractivity contribution in [3.8, 4) is 17.2 Å². The van der Waals surface area contributed by atoms with Crippen LogP contribution in [0.3, 0.4) is 0 Å². The lowest BCUT2D eigenvalue weighted by molar-refractivity contribution is -0.116. The summed E-state index contributed by atoms with van der Waals surface area (Å²) in [5.74, 6) is -1.62. The smallest absolute Gasteiger partial charge is 0.260 e. The van der Waals surface area contributed by atoms with Crippen molar-refractivity contribution in [3.05, 3.63) is 38.4 Å². The van der Waals surface area contributed by atoms with Gasteiger partial charge in [-0.15, -0.1) is 0 Å². The Bertz CT molecular complexity index is 1010. The first kappa shape index (κ1) is 18.0. The number of carbonyl (C=O) groups excluding carboxylic acids is 1. The zero-order chi connectivity index (χ0) is 19.2. The molecular formula is C17H19N3O5S. The van der Waals surface area contributed by atoms with Crippen molar-refractivity contribution in [2.45, 2.75) is 32.2 Å². The molecule has 1 unspecified atom stereocenters. The van der Waals surface area contributed by atoms with Crippen LogP contribution in [-0.2, 0) is 4.79 Å². The highest BCUT2D eigenvalue weighted by atomic mass is 32.1. The highest BCUT2D eigenvalue weighted by Gasteiger charge is 2.34. The Labute approximate surface area is 154 Å². The Balaban J connectivity index is 2.29. The van der Waals surface area contributed by atoms with Crippen molar-refractivity contribution in [1.29, 1.82) is 0 Å². The van der Waals surface area contributed by atoms with Crippen molar-refractivity contribution in [3.63, 3.8) is 0 Å². The number of aromatic hydroxyl groups is 2. The molecule has 0 saturated carbocycles. The summed E-state index contributed by atoms with van der Waals surface area (Å²) in [6.45, 7) is 3.65. The van der Waals surface area contributed by atoms with Gasteiger partial charge in [-0.1, -0.05) is 6.07 Å². The number of benzene rings is 1. The fraction of sp³-hybridized carbons (Fsp3) is 0.353. The number of phenols is 2. The van der Waals surface area contributed by atoms with Crippen LogP contribution in [0.4, 0.5) is 5.82 Å². The number of nitrogens with one attached hydrogen (secondary N) is 2. The van der Waals surface area contributed by atoms with E-state index in [0.717, 1.165) is 0 Å². The number of methoxy groups -OCH3 is 1. The summed E-state index contributed by atoms with van der Waals surface area (Å²) < 4.78 is 6.59. The first-order valence-electron chi connectivity index (χ1n) is 8.03. The first-order valence-corrected chi connectivity index (χ1v) is 8.44. The van der Waals surface area contributed by atoms with Crippen LogP contribution < -0.4 is 15.6 Å². The van der Waals surface area contributed by atoms with Crippen LogP contribution in [0.1, 0.15) is 43.4 Å². The van der Waals surface area contributed by atoms with Gasteiger partial charge < -0.3 is 25.3 Å². The largest absolute Gasteiger partial charge is 0.504 e. The maximum atomic E-state index is 13.0. The van der Waals surface area contributed by atoms with Gasteiger partial charge >= 0.3 is 0 Å². The van der Waals surface area contributed by atoms with Gasteiger partial charge in [0, 0.05) is 23.9 Å². The van der Waals surface area contributed by atoms with Gasteiger partial charge in [0.25, 0.3) is 5.56 Å². The van der Waals surface area contributed by atoms with Gasteiger partial charge in [-0.2, -0.15) is 0 Å². The molecule has 0 fully saturated rings. The second-order valence-electron chi connectivity index (χ2n) is 6.35. The number of hydrogen-bond donors (Lipinski definition) is 4. The number of phenolic OH excluding ortho intramolecular Hbond substituents is 2. The summed E-state index contributed by atoms with van der Waals surface area (Å²) >= 11 is 5.22. The second-order valence-corrected chi connectivity index (χ2v) is 6.73. The number of anilines is 1. The van der Waals surface area contributed by atoms with Crippen LogP contribution in [0.25, 0.3) is 0 Å². The Hall–Kier alpha value is -2.81. The van der Waals surface area contributed by atoms with E-state index >= 15 is 0 Å². The van der Waals surface area contributed by atoms with E-state index in [9.17, 15) is 19.8 Å². The predicted molar refractivity (Wildman–Crippen MR) is 97.7 cm³/mol.